The molecule has 1 aliphatic rings. The second kappa shape index (κ2) is 13.9. The fourth-order valence-corrected chi connectivity index (χ4v) is 4.51. The van der Waals surface area contributed by atoms with E-state index < -0.39 is 34.2 Å². The number of oxime groups is 1. The van der Waals surface area contributed by atoms with Gasteiger partial charge in [0.25, 0.3) is 0 Å². The van der Waals surface area contributed by atoms with Crippen LogP contribution in [0.4, 0.5) is 0 Å². The van der Waals surface area contributed by atoms with E-state index in [9.17, 15) is 18.3 Å². The average molecular weight is 507 g/mol. The summed E-state index contributed by atoms with van der Waals surface area (Å²) in [5, 5.41) is 13.6. The summed E-state index contributed by atoms with van der Waals surface area (Å²) in [6.45, 7) is 7.06. The Balaban J connectivity index is 2.18. The molecule has 0 fully saturated rings. The van der Waals surface area contributed by atoms with Crippen molar-refractivity contribution in [1.29, 1.82) is 0 Å². The summed E-state index contributed by atoms with van der Waals surface area (Å²) in [7, 11) is -2.57. The van der Waals surface area contributed by atoms with E-state index in [-0.39, 0.29) is 29.9 Å². The smallest absolute Gasteiger partial charge is 0.309 e. The van der Waals surface area contributed by atoms with Crippen LogP contribution in [0.5, 0.6) is 0 Å². The molecule has 2 rings (SSSR count). The number of benzene rings is 1. The molecule has 1 aromatic rings. The molecular weight excluding hydrogens is 472 g/mol. The molecule has 2 N–H and O–H groups in total. The molecule has 0 unspecified atom stereocenters. The van der Waals surface area contributed by atoms with Crippen LogP contribution in [0.3, 0.4) is 0 Å². The van der Waals surface area contributed by atoms with Crippen LogP contribution in [-0.4, -0.2) is 63.8 Å². The Labute approximate surface area is 207 Å². The van der Waals surface area contributed by atoms with Gasteiger partial charge in [0.05, 0.1) is 43.4 Å². The van der Waals surface area contributed by atoms with Gasteiger partial charge >= 0.3 is 5.97 Å². The molecule has 9 nitrogen and oxygen atoms in total. The standard InChI is InChI=1S/C25H34N2O7S/c1-5-7-20-12-15-23(24(17-28)33-20)34-26-16-22(19(3)8-6-9-25(29)32-4)27-35(30,31)21-13-10-18(2)11-14-21/h5-6,8,10-16,19-20,22-24,27-28H,1,7,9,17H2,2-4H3/b8-6+,26-16?/t19-,20-,22-,23+,24-/m1/s1. The number of esters is 1. The molecule has 35 heavy (non-hydrogen) atoms. The summed E-state index contributed by atoms with van der Waals surface area (Å²) in [5.41, 5.74) is 0.936. The fourth-order valence-electron chi connectivity index (χ4n) is 3.24. The van der Waals surface area contributed by atoms with Gasteiger partial charge in [-0.05, 0) is 37.5 Å². The zero-order chi connectivity index (χ0) is 25.8. The van der Waals surface area contributed by atoms with Crippen LogP contribution >= 0.6 is 0 Å². The van der Waals surface area contributed by atoms with Crippen molar-refractivity contribution in [3.05, 3.63) is 66.8 Å². The number of nitrogens with one attached hydrogen (secondary N) is 1. The van der Waals surface area contributed by atoms with E-state index in [4.69, 9.17) is 9.57 Å². The van der Waals surface area contributed by atoms with Crippen LogP contribution in [0.15, 0.2) is 71.3 Å². The Kier molecular flexibility index (Phi) is 11.3. The highest BCUT2D eigenvalue weighted by Crippen LogP contribution is 2.19. The van der Waals surface area contributed by atoms with Gasteiger partial charge in [0.2, 0.25) is 10.0 Å². The number of nitrogens with zero attached hydrogens (tertiary/aromatic N) is 1. The van der Waals surface area contributed by atoms with E-state index in [1.807, 2.05) is 13.0 Å². The van der Waals surface area contributed by atoms with Crippen molar-refractivity contribution >= 4 is 22.2 Å². The number of methoxy groups -OCH3 is 1. The van der Waals surface area contributed by atoms with Crippen molar-refractivity contribution < 1.29 is 32.6 Å². The lowest BCUT2D eigenvalue weighted by Gasteiger charge is -2.29. The first kappa shape index (κ1) is 28.4. The van der Waals surface area contributed by atoms with Crippen molar-refractivity contribution in [2.24, 2.45) is 11.1 Å². The molecule has 0 saturated heterocycles. The van der Waals surface area contributed by atoms with Crippen LogP contribution in [0.2, 0.25) is 0 Å². The highest BCUT2D eigenvalue weighted by Gasteiger charge is 2.28. The molecule has 10 heteroatoms. The summed E-state index contributed by atoms with van der Waals surface area (Å²) >= 11 is 0. The SMILES string of the molecule is C=CC[C@@H]1C=C[C@H](ON=C[C@@H](NS(=O)(=O)c2ccc(C)cc2)[C@H](C)/C=C/CC(=O)OC)[C@@H](CO)O1. The molecule has 0 spiro atoms. The minimum absolute atomic E-state index is 0.0557. The van der Waals surface area contributed by atoms with Gasteiger partial charge < -0.3 is 19.4 Å². The van der Waals surface area contributed by atoms with Crippen LogP contribution in [0, 0.1) is 12.8 Å². The summed E-state index contributed by atoms with van der Waals surface area (Å²) in [6, 6.07) is 5.69. The Morgan fingerprint density at radius 1 is 1.31 bits per heavy atom. The number of ether oxygens (including phenoxy) is 2. The van der Waals surface area contributed by atoms with Crippen LogP contribution in [0.1, 0.15) is 25.3 Å². The molecule has 1 heterocycles. The van der Waals surface area contributed by atoms with E-state index in [0.717, 1.165) is 5.56 Å². The largest absolute Gasteiger partial charge is 0.469 e. The van der Waals surface area contributed by atoms with Crippen molar-refractivity contribution in [2.45, 2.75) is 55.9 Å². The molecule has 0 saturated carbocycles. The first-order valence-corrected chi connectivity index (χ1v) is 12.8. The van der Waals surface area contributed by atoms with Gasteiger partial charge in [-0.1, -0.05) is 54.1 Å². The summed E-state index contributed by atoms with van der Waals surface area (Å²) in [6.07, 6.45) is 9.12. The van der Waals surface area contributed by atoms with Gasteiger partial charge in [0.15, 0.2) is 6.10 Å². The maximum Gasteiger partial charge on any atom is 0.309 e. The van der Waals surface area contributed by atoms with E-state index in [1.54, 1.807) is 43.4 Å². The predicted octanol–water partition coefficient (Wildman–Crippen LogP) is 2.66. The molecule has 0 aromatic heterocycles. The number of aryl methyl sites for hydroxylation is 1. The molecule has 1 aromatic carbocycles. The van der Waals surface area contributed by atoms with E-state index >= 15 is 0 Å². The summed E-state index contributed by atoms with van der Waals surface area (Å²) in [5.74, 6) is -0.785. The molecule has 0 bridgehead atoms. The van der Waals surface area contributed by atoms with Gasteiger partial charge in [0.1, 0.15) is 6.10 Å². The van der Waals surface area contributed by atoms with E-state index in [0.29, 0.717) is 6.42 Å². The molecule has 1 aliphatic heterocycles. The van der Waals surface area contributed by atoms with Crippen LogP contribution in [0.25, 0.3) is 0 Å². The molecule has 192 valence electrons. The second-order valence-electron chi connectivity index (χ2n) is 8.16. The lowest BCUT2D eigenvalue weighted by molar-refractivity contribution is -0.139. The van der Waals surface area contributed by atoms with Gasteiger partial charge in [-0.15, -0.1) is 6.58 Å². The fraction of sp³-hybridized carbons (Fsp3) is 0.440. The van der Waals surface area contributed by atoms with Crippen molar-refractivity contribution in [2.75, 3.05) is 13.7 Å². The van der Waals surface area contributed by atoms with Crippen molar-refractivity contribution in [1.82, 2.24) is 4.72 Å². The maximum absolute atomic E-state index is 13.0. The summed E-state index contributed by atoms with van der Waals surface area (Å²) < 4.78 is 38.9. The lowest BCUT2D eigenvalue weighted by atomic mass is 10.0. The zero-order valence-electron chi connectivity index (χ0n) is 20.2. The highest BCUT2D eigenvalue weighted by molar-refractivity contribution is 7.89. The summed E-state index contributed by atoms with van der Waals surface area (Å²) in [4.78, 5) is 17.0. The van der Waals surface area contributed by atoms with Crippen LogP contribution < -0.4 is 4.72 Å². The predicted molar refractivity (Wildman–Crippen MR) is 133 cm³/mol. The minimum atomic E-state index is -3.86. The normalized spacial score (nSPS) is 22.2. The molecule has 0 radical (unpaired) electrons. The Morgan fingerprint density at radius 2 is 2.03 bits per heavy atom. The van der Waals surface area contributed by atoms with Gasteiger partial charge in [0, 0.05) is 0 Å². The average Bonchev–Trinajstić information content (AvgIpc) is 2.84. The van der Waals surface area contributed by atoms with Gasteiger partial charge in [-0.3, -0.25) is 4.79 Å². The lowest BCUT2D eigenvalue weighted by Crippen LogP contribution is -2.41. The van der Waals surface area contributed by atoms with Crippen LogP contribution in [-0.2, 0) is 29.1 Å². The molecular formula is C25H34N2O7S. The number of aliphatic hydroxyl groups excluding tert-OH is 1. The second-order valence-corrected chi connectivity index (χ2v) is 9.87. The van der Waals surface area contributed by atoms with Crippen molar-refractivity contribution in [3.63, 3.8) is 0 Å². The number of sulfonamides is 1. The topological polar surface area (TPSA) is 124 Å². The number of carbonyl (C=O) groups excluding carboxylic acids is 1. The molecule has 0 aliphatic carbocycles. The third-order valence-electron chi connectivity index (χ3n) is 5.36. The zero-order valence-corrected chi connectivity index (χ0v) is 21.1. The van der Waals surface area contributed by atoms with E-state index in [2.05, 4.69) is 21.2 Å². The Morgan fingerprint density at radius 3 is 2.66 bits per heavy atom. The first-order chi connectivity index (χ1) is 16.7. The number of aliphatic hydroxyl groups is 1. The number of hydrogen-bond acceptors (Lipinski definition) is 8. The third kappa shape index (κ3) is 9.06. The quantitative estimate of drug-likeness (QED) is 0.182. The maximum atomic E-state index is 13.0. The molecule has 0 amide bonds. The van der Waals surface area contributed by atoms with E-state index in [1.165, 1.54) is 25.5 Å². The highest BCUT2D eigenvalue weighted by atomic mass is 32.2. The third-order valence-corrected chi connectivity index (χ3v) is 6.83. The van der Waals surface area contributed by atoms with Crippen molar-refractivity contribution in [3.8, 4) is 0 Å². The van der Waals surface area contributed by atoms with Gasteiger partial charge in [-0.25, -0.2) is 13.1 Å². The number of carbonyl (C=O) groups is 1. The monoisotopic (exact) mass is 506 g/mol. The Bertz CT molecular complexity index is 1020. The Hall–Kier alpha value is -2.79. The first-order valence-electron chi connectivity index (χ1n) is 11.3. The molecule has 5 atom stereocenters. The number of rotatable bonds is 13. The van der Waals surface area contributed by atoms with Gasteiger partial charge in [-0.2, -0.15) is 0 Å². The number of hydrogen-bond donors (Lipinski definition) is 2. The minimum Gasteiger partial charge on any atom is -0.469 e.